The second-order valence-corrected chi connectivity index (χ2v) is 3.69. The van der Waals surface area contributed by atoms with Crippen LogP contribution in [-0.4, -0.2) is 16.1 Å². The van der Waals surface area contributed by atoms with E-state index in [0.717, 1.165) is 0 Å². The Balaban J connectivity index is 2.25. The highest BCUT2D eigenvalue weighted by Gasteiger charge is 2.12. The first kappa shape index (κ1) is 11.3. The number of amides is 1. The van der Waals surface area contributed by atoms with Gasteiger partial charge in [0.25, 0.3) is 5.91 Å². The molecule has 2 rings (SSSR count). The Morgan fingerprint density at radius 3 is 2.76 bits per heavy atom. The number of carbonyl (C=O) groups excluding carboxylic acids is 1. The largest absolute Gasteiger partial charge is 0.389 e. The van der Waals surface area contributed by atoms with Crippen LogP contribution in [0.5, 0.6) is 0 Å². The molecular weight excluding hydrogens is 238 g/mol. The van der Waals surface area contributed by atoms with Gasteiger partial charge in [-0.15, -0.1) is 0 Å². The van der Waals surface area contributed by atoms with Crippen molar-refractivity contribution in [3.05, 3.63) is 47.9 Å². The van der Waals surface area contributed by atoms with E-state index in [1.54, 1.807) is 24.3 Å². The summed E-state index contributed by atoms with van der Waals surface area (Å²) in [5.41, 5.74) is 6.91. The van der Waals surface area contributed by atoms with Crippen LogP contribution in [0.1, 0.15) is 16.1 Å². The molecule has 0 unspecified atom stereocenters. The van der Waals surface area contributed by atoms with Crippen molar-refractivity contribution in [3.8, 4) is 0 Å². The first-order valence-electron chi connectivity index (χ1n) is 4.79. The van der Waals surface area contributed by atoms with Crippen LogP contribution in [0.3, 0.4) is 0 Å². The number of thiocarbonyl (C=S) groups is 1. The molecule has 1 heterocycles. The topological polar surface area (TPSA) is 81.1 Å². The Kier molecular flexibility index (Phi) is 3.15. The van der Waals surface area contributed by atoms with Gasteiger partial charge in [0.1, 0.15) is 11.3 Å². The van der Waals surface area contributed by atoms with E-state index in [2.05, 4.69) is 15.0 Å². The maximum absolute atomic E-state index is 11.7. The third kappa shape index (κ3) is 2.48. The average Bonchev–Trinajstić information content (AvgIpc) is 2.83. The molecule has 0 aliphatic carbocycles. The monoisotopic (exact) mass is 247 g/mol. The summed E-state index contributed by atoms with van der Waals surface area (Å²) in [6.07, 6.45) is 1.33. The molecular formula is C11H9N3O2S. The minimum atomic E-state index is -0.373. The summed E-state index contributed by atoms with van der Waals surface area (Å²) < 4.78 is 4.59. The van der Waals surface area contributed by atoms with Crippen LogP contribution in [-0.2, 0) is 0 Å². The summed E-state index contributed by atoms with van der Waals surface area (Å²) in [6, 6.07) is 8.49. The third-order valence-corrected chi connectivity index (χ3v) is 2.33. The SMILES string of the molecule is NC(=S)c1ccccc1NC(=O)c1ccon1. The Hall–Kier alpha value is -2.21. The predicted molar refractivity (Wildman–Crippen MR) is 66.8 cm³/mol. The van der Waals surface area contributed by atoms with E-state index >= 15 is 0 Å². The number of hydrogen-bond acceptors (Lipinski definition) is 4. The summed E-state index contributed by atoms with van der Waals surface area (Å²) in [6.45, 7) is 0. The summed E-state index contributed by atoms with van der Waals surface area (Å²) in [5.74, 6) is -0.373. The van der Waals surface area contributed by atoms with Gasteiger partial charge in [-0.25, -0.2) is 0 Å². The van der Waals surface area contributed by atoms with Gasteiger partial charge in [-0.05, 0) is 12.1 Å². The molecule has 0 bridgehead atoms. The van der Waals surface area contributed by atoms with Gasteiger partial charge in [0.15, 0.2) is 5.69 Å². The van der Waals surface area contributed by atoms with Crippen molar-refractivity contribution in [3.63, 3.8) is 0 Å². The minimum Gasteiger partial charge on any atom is -0.389 e. The first-order chi connectivity index (χ1) is 8.18. The standard InChI is InChI=1S/C11H9N3O2S/c12-10(17)7-3-1-2-4-8(7)13-11(15)9-5-6-16-14-9/h1-6H,(H2,12,17)(H,13,15). The number of nitrogens with one attached hydrogen (secondary N) is 1. The molecule has 0 aliphatic heterocycles. The van der Waals surface area contributed by atoms with E-state index in [1.165, 1.54) is 12.3 Å². The number of rotatable bonds is 3. The molecule has 0 spiro atoms. The molecule has 0 atom stereocenters. The Bertz CT molecular complexity index is 552. The number of nitrogens with two attached hydrogens (primary N) is 1. The molecule has 0 radical (unpaired) electrons. The van der Waals surface area contributed by atoms with Crippen molar-refractivity contribution in [2.75, 3.05) is 5.32 Å². The third-order valence-electron chi connectivity index (χ3n) is 2.11. The van der Waals surface area contributed by atoms with E-state index in [0.29, 0.717) is 11.3 Å². The lowest BCUT2D eigenvalue weighted by Crippen LogP contribution is -2.17. The van der Waals surface area contributed by atoms with Crippen molar-refractivity contribution in [1.29, 1.82) is 0 Å². The smallest absolute Gasteiger partial charge is 0.277 e. The number of anilines is 1. The van der Waals surface area contributed by atoms with Crippen LogP contribution in [0.4, 0.5) is 5.69 Å². The molecule has 1 aromatic carbocycles. The Morgan fingerprint density at radius 1 is 1.35 bits per heavy atom. The highest BCUT2D eigenvalue weighted by molar-refractivity contribution is 7.80. The zero-order valence-electron chi connectivity index (χ0n) is 8.71. The molecule has 0 saturated carbocycles. The Labute approximate surface area is 103 Å². The first-order valence-corrected chi connectivity index (χ1v) is 5.20. The summed E-state index contributed by atoms with van der Waals surface area (Å²) in [4.78, 5) is 12.0. The number of aromatic nitrogens is 1. The molecule has 1 amide bonds. The lowest BCUT2D eigenvalue weighted by atomic mass is 10.1. The van der Waals surface area contributed by atoms with Gasteiger partial charge in [-0.3, -0.25) is 4.79 Å². The second-order valence-electron chi connectivity index (χ2n) is 3.25. The minimum absolute atomic E-state index is 0.197. The average molecular weight is 247 g/mol. The van der Waals surface area contributed by atoms with Gasteiger partial charge in [0.2, 0.25) is 0 Å². The van der Waals surface area contributed by atoms with E-state index in [1.807, 2.05) is 0 Å². The molecule has 0 saturated heterocycles. The zero-order chi connectivity index (χ0) is 12.3. The van der Waals surface area contributed by atoms with Gasteiger partial charge in [-0.2, -0.15) is 0 Å². The van der Waals surface area contributed by atoms with Crippen LogP contribution in [0.15, 0.2) is 41.1 Å². The summed E-state index contributed by atoms with van der Waals surface area (Å²) >= 11 is 4.89. The van der Waals surface area contributed by atoms with E-state index in [-0.39, 0.29) is 16.6 Å². The molecule has 17 heavy (non-hydrogen) atoms. The van der Waals surface area contributed by atoms with Crippen LogP contribution in [0, 0.1) is 0 Å². The second kappa shape index (κ2) is 4.75. The highest BCUT2D eigenvalue weighted by atomic mass is 32.1. The van der Waals surface area contributed by atoms with Crippen LogP contribution < -0.4 is 11.1 Å². The molecule has 1 aromatic heterocycles. The van der Waals surface area contributed by atoms with E-state index in [4.69, 9.17) is 18.0 Å². The molecule has 5 nitrogen and oxygen atoms in total. The van der Waals surface area contributed by atoms with Gasteiger partial charge in [0.05, 0.1) is 5.69 Å². The van der Waals surface area contributed by atoms with E-state index < -0.39 is 0 Å². The summed E-state index contributed by atoms with van der Waals surface area (Å²) in [5, 5.41) is 6.20. The molecule has 86 valence electrons. The van der Waals surface area contributed by atoms with Crippen molar-refractivity contribution < 1.29 is 9.32 Å². The number of nitrogens with zero attached hydrogens (tertiary/aromatic N) is 1. The van der Waals surface area contributed by atoms with Gasteiger partial charge < -0.3 is 15.6 Å². The van der Waals surface area contributed by atoms with Gasteiger partial charge in [0, 0.05) is 11.6 Å². The number of benzene rings is 1. The summed E-state index contributed by atoms with van der Waals surface area (Å²) in [7, 11) is 0. The lowest BCUT2D eigenvalue weighted by Gasteiger charge is -2.08. The van der Waals surface area contributed by atoms with Crippen molar-refractivity contribution in [2.24, 2.45) is 5.73 Å². The predicted octanol–water partition coefficient (Wildman–Crippen LogP) is 1.56. The van der Waals surface area contributed by atoms with Crippen molar-refractivity contribution in [2.45, 2.75) is 0 Å². The van der Waals surface area contributed by atoms with Crippen LogP contribution in [0.25, 0.3) is 0 Å². The van der Waals surface area contributed by atoms with E-state index in [9.17, 15) is 4.79 Å². The Morgan fingerprint density at radius 2 is 2.12 bits per heavy atom. The fourth-order valence-electron chi connectivity index (χ4n) is 1.32. The lowest BCUT2D eigenvalue weighted by molar-refractivity contribution is 0.101. The molecule has 3 N–H and O–H groups in total. The number of carbonyl (C=O) groups is 1. The maximum Gasteiger partial charge on any atom is 0.277 e. The maximum atomic E-state index is 11.7. The molecule has 0 fully saturated rings. The normalized spacial score (nSPS) is 9.88. The number of hydrogen-bond donors (Lipinski definition) is 2. The van der Waals surface area contributed by atoms with Crippen LogP contribution >= 0.6 is 12.2 Å². The van der Waals surface area contributed by atoms with Crippen molar-refractivity contribution in [1.82, 2.24) is 5.16 Å². The van der Waals surface area contributed by atoms with Crippen molar-refractivity contribution >= 4 is 28.8 Å². The quantitative estimate of drug-likeness (QED) is 0.804. The fraction of sp³-hybridized carbons (Fsp3) is 0. The van der Waals surface area contributed by atoms with Gasteiger partial charge in [-0.1, -0.05) is 29.5 Å². The number of para-hydroxylation sites is 1. The van der Waals surface area contributed by atoms with Crippen LogP contribution in [0.2, 0.25) is 0 Å². The highest BCUT2D eigenvalue weighted by Crippen LogP contribution is 2.15. The van der Waals surface area contributed by atoms with Gasteiger partial charge >= 0.3 is 0 Å². The molecule has 2 aromatic rings. The molecule has 6 heteroatoms. The molecule has 0 aliphatic rings. The fourth-order valence-corrected chi connectivity index (χ4v) is 1.50. The zero-order valence-corrected chi connectivity index (χ0v) is 9.53.